The van der Waals surface area contributed by atoms with Crippen LogP contribution in [0.4, 0.5) is 0 Å². The summed E-state index contributed by atoms with van der Waals surface area (Å²) in [6.45, 7) is 3.34. The minimum atomic E-state index is -0.467. The van der Waals surface area contributed by atoms with Crippen LogP contribution in [0.25, 0.3) is 0 Å². The van der Waals surface area contributed by atoms with Gasteiger partial charge in [0.1, 0.15) is 0 Å². The molecule has 1 unspecified atom stereocenters. The molecule has 2 rings (SSSR count). The highest BCUT2D eigenvalue weighted by atomic mass is 32.2. The first kappa shape index (κ1) is 15.5. The zero-order valence-electron chi connectivity index (χ0n) is 11.9. The highest BCUT2D eigenvalue weighted by Crippen LogP contribution is 2.34. The zero-order valence-corrected chi connectivity index (χ0v) is 12.7. The molecule has 5 heteroatoms. The van der Waals surface area contributed by atoms with E-state index in [1.54, 1.807) is 11.8 Å². The fraction of sp³-hybridized carbons (Fsp3) is 0.600. The number of thioether (sulfide) groups is 1. The first-order chi connectivity index (χ1) is 9.61. The topological polar surface area (TPSA) is 64.7 Å². The van der Waals surface area contributed by atoms with Crippen LogP contribution in [0.5, 0.6) is 11.5 Å². The minimum Gasteiger partial charge on any atom is -0.490 e. The summed E-state index contributed by atoms with van der Waals surface area (Å²) in [5.74, 6) is 2.65. The Morgan fingerprint density at radius 1 is 1.30 bits per heavy atom. The summed E-state index contributed by atoms with van der Waals surface area (Å²) < 4.78 is 11.3. The molecule has 0 aliphatic carbocycles. The first-order valence-corrected chi connectivity index (χ1v) is 8.01. The van der Waals surface area contributed by atoms with Crippen LogP contribution in [-0.2, 0) is 0 Å². The number of aliphatic hydroxyl groups is 1. The maximum absolute atomic E-state index is 9.11. The van der Waals surface area contributed by atoms with Gasteiger partial charge >= 0.3 is 0 Å². The lowest BCUT2D eigenvalue weighted by Gasteiger charge is -2.21. The molecule has 1 aliphatic heterocycles. The van der Waals surface area contributed by atoms with Crippen LogP contribution in [0, 0.1) is 0 Å². The van der Waals surface area contributed by atoms with Crippen LogP contribution < -0.4 is 15.2 Å². The third kappa shape index (κ3) is 4.58. The molecule has 0 aromatic heterocycles. The summed E-state index contributed by atoms with van der Waals surface area (Å²) in [4.78, 5) is 1.18. The molecule has 0 radical (unpaired) electrons. The summed E-state index contributed by atoms with van der Waals surface area (Å²) in [5, 5.41) is 9.11. The SMILES string of the molecule is CC(N)(CO)CCCSc1ccc2c(c1)OCCCO2. The van der Waals surface area contributed by atoms with Gasteiger partial charge in [0.05, 0.1) is 19.8 Å². The fourth-order valence-corrected chi connectivity index (χ4v) is 2.86. The van der Waals surface area contributed by atoms with Crippen molar-refractivity contribution in [2.24, 2.45) is 5.73 Å². The standard InChI is InChI=1S/C15H23NO3S/c1-15(16,11-17)6-2-9-20-12-4-5-13-14(10-12)19-8-3-7-18-13/h4-5,10,17H,2-3,6-9,11,16H2,1H3. The maximum Gasteiger partial charge on any atom is 0.162 e. The van der Waals surface area contributed by atoms with Crippen LogP contribution in [0.3, 0.4) is 0 Å². The molecule has 112 valence electrons. The maximum atomic E-state index is 9.11. The van der Waals surface area contributed by atoms with Gasteiger partial charge in [-0.1, -0.05) is 0 Å². The van der Waals surface area contributed by atoms with Crippen molar-refractivity contribution in [3.63, 3.8) is 0 Å². The lowest BCUT2D eigenvalue weighted by molar-refractivity contribution is 0.200. The van der Waals surface area contributed by atoms with Crippen LogP contribution in [0.15, 0.2) is 23.1 Å². The molecular weight excluding hydrogens is 274 g/mol. The van der Waals surface area contributed by atoms with Crippen molar-refractivity contribution in [3.05, 3.63) is 18.2 Å². The van der Waals surface area contributed by atoms with Crippen molar-refractivity contribution >= 4 is 11.8 Å². The van der Waals surface area contributed by atoms with E-state index in [1.165, 1.54) is 4.90 Å². The number of rotatable bonds is 6. The van der Waals surface area contributed by atoms with Crippen molar-refractivity contribution in [2.45, 2.75) is 36.6 Å². The van der Waals surface area contributed by atoms with Gasteiger partial charge in [0, 0.05) is 16.9 Å². The Labute approximate surface area is 124 Å². The predicted molar refractivity (Wildman–Crippen MR) is 81.7 cm³/mol. The smallest absolute Gasteiger partial charge is 0.162 e. The molecule has 0 spiro atoms. The molecule has 0 bridgehead atoms. The second kappa shape index (κ2) is 7.20. The molecule has 1 aromatic carbocycles. The molecule has 1 heterocycles. The van der Waals surface area contributed by atoms with Gasteiger partial charge in [-0.3, -0.25) is 0 Å². The molecule has 0 saturated carbocycles. The number of fused-ring (bicyclic) bond motifs is 1. The van der Waals surface area contributed by atoms with E-state index in [2.05, 4.69) is 6.07 Å². The summed E-state index contributed by atoms with van der Waals surface area (Å²) >= 11 is 1.78. The molecule has 4 nitrogen and oxygen atoms in total. The molecular formula is C15H23NO3S. The number of hydrogen-bond acceptors (Lipinski definition) is 5. The summed E-state index contributed by atoms with van der Waals surface area (Å²) in [6, 6.07) is 6.08. The van der Waals surface area contributed by atoms with E-state index < -0.39 is 5.54 Å². The molecule has 0 fully saturated rings. The Kier molecular flexibility index (Phi) is 5.57. The molecule has 3 N–H and O–H groups in total. The second-order valence-corrected chi connectivity index (χ2v) is 6.59. The number of hydrogen-bond donors (Lipinski definition) is 2. The monoisotopic (exact) mass is 297 g/mol. The highest BCUT2D eigenvalue weighted by Gasteiger charge is 2.16. The number of ether oxygens (including phenoxy) is 2. The average Bonchev–Trinajstić information content (AvgIpc) is 2.68. The van der Waals surface area contributed by atoms with E-state index in [0.29, 0.717) is 6.61 Å². The summed E-state index contributed by atoms with van der Waals surface area (Å²) in [7, 11) is 0. The van der Waals surface area contributed by atoms with Crippen molar-refractivity contribution < 1.29 is 14.6 Å². The minimum absolute atomic E-state index is 0.0295. The van der Waals surface area contributed by atoms with Crippen LogP contribution in [0.1, 0.15) is 26.2 Å². The van der Waals surface area contributed by atoms with Gasteiger partial charge in [0.15, 0.2) is 11.5 Å². The number of benzene rings is 1. The van der Waals surface area contributed by atoms with Gasteiger partial charge in [-0.2, -0.15) is 0 Å². The molecule has 1 aliphatic rings. The lowest BCUT2D eigenvalue weighted by Crippen LogP contribution is -2.40. The highest BCUT2D eigenvalue weighted by molar-refractivity contribution is 7.99. The van der Waals surface area contributed by atoms with Gasteiger partial charge in [-0.15, -0.1) is 11.8 Å². The van der Waals surface area contributed by atoms with E-state index in [0.717, 1.165) is 43.1 Å². The van der Waals surface area contributed by atoms with E-state index >= 15 is 0 Å². The Balaban J connectivity index is 1.83. The largest absolute Gasteiger partial charge is 0.490 e. The number of aliphatic hydroxyl groups excluding tert-OH is 1. The van der Waals surface area contributed by atoms with E-state index in [1.807, 2.05) is 19.1 Å². The lowest BCUT2D eigenvalue weighted by atomic mass is 9.99. The van der Waals surface area contributed by atoms with Gasteiger partial charge in [0.25, 0.3) is 0 Å². The van der Waals surface area contributed by atoms with Crippen LogP contribution >= 0.6 is 11.8 Å². The van der Waals surface area contributed by atoms with Gasteiger partial charge in [0.2, 0.25) is 0 Å². The molecule has 0 amide bonds. The quantitative estimate of drug-likeness (QED) is 0.623. The Bertz CT molecular complexity index is 437. The van der Waals surface area contributed by atoms with Crippen molar-refractivity contribution in [2.75, 3.05) is 25.6 Å². The van der Waals surface area contributed by atoms with Crippen molar-refractivity contribution in [1.29, 1.82) is 0 Å². The summed E-state index contributed by atoms with van der Waals surface area (Å²) in [5.41, 5.74) is 5.44. The first-order valence-electron chi connectivity index (χ1n) is 7.03. The van der Waals surface area contributed by atoms with Crippen LogP contribution in [0.2, 0.25) is 0 Å². The van der Waals surface area contributed by atoms with Crippen LogP contribution in [-0.4, -0.2) is 36.2 Å². The van der Waals surface area contributed by atoms with E-state index in [-0.39, 0.29) is 6.61 Å². The third-order valence-electron chi connectivity index (χ3n) is 3.24. The zero-order chi connectivity index (χ0) is 14.4. The Morgan fingerprint density at radius 2 is 2.05 bits per heavy atom. The third-order valence-corrected chi connectivity index (χ3v) is 4.32. The van der Waals surface area contributed by atoms with Crippen molar-refractivity contribution in [1.82, 2.24) is 0 Å². The Hall–Kier alpha value is -0.910. The number of nitrogens with two attached hydrogens (primary N) is 1. The van der Waals surface area contributed by atoms with Gasteiger partial charge in [-0.25, -0.2) is 0 Å². The van der Waals surface area contributed by atoms with E-state index in [4.69, 9.17) is 20.3 Å². The second-order valence-electron chi connectivity index (χ2n) is 5.42. The van der Waals surface area contributed by atoms with Gasteiger partial charge < -0.3 is 20.3 Å². The average molecular weight is 297 g/mol. The van der Waals surface area contributed by atoms with E-state index in [9.17, 15) is 0 Å². The van der Waals surface area contributed by atoms with Gasteiger partial charge in [-0.05, 0) is 43.7 Å². The van der Waals surface area contributed by atoms with Crippen molar-refractivity contribution in [3.8, 4) is 11.5 Å². The normalized spacial score (nSPS) is 17.4. The summed E-state index contributed by atoms with van der Waals surface area (Å²) in [6.07, 6.45) is 2.72. The molecule has 0 saturated heterocycles. The predicted octanol–water partition coefficient (Wildman–Crippen LogP) is 2.43. The Morgan fingerprint density at radius 3 is 2.80 bits per heavy atom. The molecule has 20 heavy (non-hydrogen) atoms. The molecule has 1 aromatic rings. The fourth-order valence-electron chi connectivity index (χ4n) is 1.98. The molecule has 1 atom stereocenters.